The summed E-state index contributed by atoms with van der Waals surface area (Å²) in [4.78, 5) is 16.7. The number of hydrogen-bond donors (Lipinski definition) is 3. The molecule has 0 atom stereocenters. The molecule has 0 aliphatic heterocycles. The normalized spacial score (nSPS) is 16.4. The monoisotopic (exact) mass is 335 g/mol. The van der Waals surface area contributed by atoms with Crippen molar-refractivity contribution in [3.05, 3.63) is 30.1 Å². The van der Waals surface area contributed by atoms with E-state index in [0.717, 1.165) is 49.2 Å². The maximum atomic E-state index is 12.4. The Hall–Kier alpha value is -1.92. The van der Waals surface area contributed by atoms with Gasteiger partial charge < -0.3 is 11.1 Å². The zero-order valence-electron chi connectivity index (χ0n) is 13.1. The second kappa shape index (κ2) is 7.10. The first kappa shape index (κ1) is 17.4. The molecule has 1 fully saturated rings. The minimum Gasteiger partial charge on any atom is -0.324 e. The van der Waals surface area contributed by atoms with Crippen LogP contribution in [0.3, 0.4) is 0 Å². The van der Waals surface area contributed by atoms with Crippen LogP contribution >= 0.6 is 12.4 Å². The first-order valence-corrected chi connectivity index (χ1v) is 7.67. The highest BCUT2D eigenvalue weighted by molar-refractivity contribution is 5.98. The molecule has 0 radical (unpaired) electrons. The number of rotatable bonds is 3. The number of carbonyl (C=O) groups excluding carboxylic acids is 1. The van der Waals surface area contributed by atoms with Crippen molar-refractivity contribution in [3.8, 4) is 11.4 Å². The SMILES string of the molecule is Cc1nc(-c2ccc(NC(=O)C3(N)CCCCC3)cc2)n[nH]1.Cl. The van der Waals surface area contributed by atoms with E-state index in [1.54, 1.807) is 0 Å². The van der Waals surface area contributed by atoms with Crippen molar-refractivity contribution in [3.63, 3.8) is 0 Å². The Balaban J connectivity index is 0.00000192. The quantitative estimate of drug-likeness (QED) is 0.803. The number of halogens is 1. The average Bonchev–Trinajstić information content (AvgIpc) is 2.95. The molecule has 0 saturated heterocycles. The number of anilines is 1. The molecular formula is C16H22ClN5O. The van der Waals surface area contributed by atoms with Gasteiger partial charge in [0.1, 0.15) is 5.82 Å². The topological polar surface area (TPSA) is 96.7 Å². The van der Waals surface area contributed by atoms with E-state index in [-0.39, 0.29) is 18.3 Å². The second-order valence-electron chi connectivity index (χ2n) is 5.99. The van der Waals surface area contributed by atoms with Gasteiger partial charge in [0.25, 0.3) is 0 Å². The molecule has 1 aliphatic rings. The van der Waals surface area contributed by atoms with Gasteiger partial charge in [0.2, 0.25) is 5.91 Å². The highest BCUT2D eigenvalue weighted by Gasteiger charge is 2.35. The Morgan fingerprint density at radius 1 is 1.22 bits per heavy atom. The third-order valence-electron chi connectivity index (χ3n) is 4.20. The summed E-state index contributed by atoms with van der Waals surface area (Å²) in [7, 11) is 0. The van der Waals surface area contributed by atoms with Gasteiger partial charge in [-0.15, -0.1) is 12.4 Å². The standard InChI is InChI=1S/C16H21N5O.ClH/c1-11-18-14(21-20-11)12-5-7-13(8-6-12)19-15(22)16(17)9-3-2-4-10-16;/h5-8H,2-4,9-10,17H2,1H3,(H,19,22)(H,18,20,21);1H. The van der Waals surface area contributed by atoms with Crippen LogP contribution in [-0.2, 0) is 4.79 Å². The first-order valence-electron chi connectivity index (χ1n) is 7.67. The number of H-pyrrole nitrogens is 1. The number of benzene rings is 1. The number of aryl methyl sites for hydroxylation is 1. The zero-order valence-corrected chi connectivity index (χ0v) is 13.9. The Morgan fingerprint density at radius 2 is 1.87 bits per heavy atom. The van der Waals surface area contributed by atoms with E-state index >= 15 is 0 Å². The highest BCUT2D eigenvalue weighted by Crippen LogP contribution is 2.27. The fourth-order valence-corrected chi connectivity index (χ4v) is 2.84. The second-order valence-corrected chi connectivity index (χ2v) is 5.99. The minimum absolute atomic E-state index is 0. The molecule has 1 aliphatic carbocycles. The lowest BCUT2D eigenvalue weighted by Gasteiger charge is -2.31. The molecule has 0 spiro atoms. The van der Waals surface area contributed by atoms with Crippen LogP contribution in [-0.4, -0.2) is 26.6 Å². The molecule has 1 aromatic heterocycles. The molecule has 7 heteroatoms. The van der Waals surface area contributed by atoms with Gasteiger partial charge in [0.05, 0.1) is 5.54 Å². The summed E-state index contributed by atoms with van der Waals surface area (Å²) >= 11 is 0. The fourth-order valence-electron chi connectivity index (χ4n) is 2.84. The predicted molar refractivity (Wildman–Crippen MR) is 92.4 cm³/mol. The van der Waals surface area contributed by atoms with Gasteiger partial charge in [-0.2, -0.15) is 5.10 Å². The van der Waals surface area contributed by atoms with Gasteiger partial charge in [-0.3, -0.25) is 9.89 Å². The Kier molecular flexibility index (Phi) is 5.38. The van der Waals surface area contributed by atoms with Crippen molar-refractivity contribution < 1.29 is 4.79 Å². The van der Waals surface area contributed by atoms with E-state index in [0.29, 0.717) is 5.82 Å². The molecule has 1 heterocycles. The Labute approximate surface area is 141 Å². The number of nitrogens with one attached hydrogen (secondary N) is 2. The van der Waals surface area contributed by atoms with Crippen LogP contribution in [0.15, 0.2) is 24.3 Å². The Morgan fingerprint density at radius 3 is 2.43 bits per heavy atom. The molecule has 6 nitrogen and oxygen atoms in total. The zero-order chi connectivity index (χ0) is 15.6. The smallest absolute Gasteiger partial charge is 0.244 e. The highest BCUT2D eigenvalue weighted by atomic mass is 35.5. The summed E-state index contributed by atoms with van der Waals surface area (Å²) in [6.45, 7) is 1.86. The third kappa shape index (κ3) is 3.89. The van der Waals surface area contributed by atoms with Gasteiger partial charge in [-0.05, 0) is 44.0 Å². The van der Waals surface area contributed by atoms with Crippen LogP contribution in [0.4, 0.5) is 5.69 Å². The largest absolute Gasteiger partial charge is 0.324 e. The summed E-state index contributed by atoms with van der Waals surface area (Å²) in [5.41, 5.74) is 7.17. The van der Waals surface area contributed by atoms with Crippen molar-refractivity contribution in [1.82, 2.24) is 15.2 Å². The molecule has 4 N–H and O–H groups in total. The van der Waals surface area contributed by atoms with Gasteiger partial charge in [-0.1, -0.05) is 19.3 Å². The molecule has 0 bridgehead atoms. The number of amides is 1. The molecule has 1 amide bonds. The molecule has 1 aromatic carbocycles. The molecule has 2 aromatic rings. The van der Waals surface area contributed by atoms with E-state index < -0.39 is 5.54 Å². The van der Waals surface area contributed by atoms with E-state index in [4.69, 9.17) is 5.73 Å². The van der Waals surface area contributed by atoms with Crippen molar-refractivity contribution in [2.45, 2.75) is 44.6 Å². The Bertz CT molecular complexity index is 661. The molecule has 3 rings (SSSR count). The lowest BCUT2D eigenvalue weighted by atomic mass is 9.82. The van der Waals surface area contributed by atoms with Crippen molar-refractivity contribution in [2.75, 3.05) is 5.32 Å². The maximum absolute atomic E-state index is 12.4. The van der Waals surface area contributed by atoms with Crippen LogP contribution in [0.5, 0.6) is 0 Å². The van der Waals surface area contributed by atoms with E-state index in [2.05, 4.69) is 20.5 Å². The first-order chi connectivity index (χ1) is 10.6. The number of carbonyl (C=O) groups is 1. The average molecular weight is 336 g/mol. The minimum atomic E-state index is -0.724. The lowest BCUT2D eigenvalue weighted by Crippen LogP contribution is -2.52. The predicted octanol–water partition coefficient (Wildman–Crippen LogP) is 2.80. The van der Waals surface area contributed by atoms with Crippen molar-refractivity contribution >= 4 is 24.0 Å². The summed E-state index contributed by atoms with van der Waals surface area (Å²) < 4.78 is 0. The van der Waals surface area contributed by atoms with Crippen LogP contribution in [0.2, 0.25) is 0 Å². The summed E-state index contributed by atoms with van der Waals surface area (Å²) in [5.74, 6) is 1.33. The van der Waals surface area contributed by atoms with Crippen LogP contribution in [0.1, 0.15) is 37.9 Å². The summed E-state index contributed by atoms with van der Waals surface area (Å²) in [6, 6.07) is 7.49. The fraction of sp³-hybridized carbons (Fsp3) is 0.438. The lowest BCUT2D eigenvalue weighted by molar-refractivity contribution is -0.122. The molecule has 124 valence electrons. The third-order valence-corrected chi connectivity index (χ3v) is 4.20. The number of hydrogen-bond acceptors (Lipinski definition) is 4. The van der Waals surface area contributed by atoms with E-state index in [9.17, 15) is 4.79 Å². The van der Waals surface area contributed by atoms with Gasteiger partial charge in [-0.25, -0.2) is 4.98 Å². The maximum Gasteiger partial charge on any atom is 0.244 e. The van der Waals surface area contributed by atoms with Crippen molar-refractivity contribution in [1.29, 1.82) is 0 Å². The molecule has 23 heavy (non-hydrogen) atoms. The molecule has 1 saturated carbocycles. The molecule has 0 unspecified atom stereocenters. The molecular weight excluding hydrogens is 314 g/mol. The van der Waals surface area contributed by atoms with Gasteiger partial charge in [0, 0.05) is 11.3 Å². The van der Waals surface area contributed by atoms with Crippen LogP contribution < -0.4 is 11.1 Å². The van der Waals surface area contributed by atoms with Crippen LogP contribution in [0.25, 0.3) is 11.4 Å². The number of nitrogens with zero attached hydrogens (tertiary/aromatic N) is 2. The number of nitrogens with two attached hydrogens (primary N) is 1. The van der Waals surface area contributed by atoms with E-state index in [1.807, 2.05) is 31.2 Å². The van der Waals surface area contributed by atoms with Gasteiger partial charge in [0.15, 0.2) is 5.82 Å². The summed E-state index contributed by atoms with van der Waals surface area (Å²) in [6.07, 6.45) is 4.72. The summed E-state index contributed by atoms with van der Waals surface area (Å²) in [5, 5.41) is 9.86. The van der Waals surface area contributed by atoms with Gasteiger partial charge >= 0.3 is 0 Å². The van der Waals surface area contributed by atoms with Crippen molar-refractivity contribution in [2.24, 2.45) is 5.73 Å². The number of aromatic nitrogens is 3. The number of aromatic amines is 1. The van der Waals surface area contributed by atoms with Crippen LogP contribution in [0, 0.1) is 6.92 Å². The van der Waals surface area contributed by atoms with E-state index in [1.165, 1.54) is 0 Å².